The molecule has 1 aromatic rings. The molecule has 0 aliphatic heterocycles. The third kappa shape index (κ3) is 4.31. The lowest BCUT2D eigenvalue weighted by Crippen LogP contribution is -2.39. The number of sulfonamides is 1. The predicted molar refractivity (Wildman–Crippen MR) is 72.4 cm³/mol. The SMILES string of the molecule is CC(CN(C)C)NS(=O)(=O)c1ccc(F)cc1Br. The van der Waals surface area contributed by atoms with Gasteiger partial charge in [0.05, 0.1) is 4.90 Å². The van der Waals surface area contributed by atoms with E-state index in [-0.39, 0.29) is 15.4 Å². The second-order valence-corrected chi connectivity index (χ2v) is 6.90. The van der Waals surface area contributed by atoms with Crippen molar-refractivity contribution in [1.82, 2.24) is 9.62 Å². The van der Waals surface area contributed by atoms with E-state index in [1.807, 2.05) is 19.0 Å². The average Bonchev–Trinajstić information content (AvgIpc) is 2.13. The Kier molecular flexibility index (Phi) is 5.27. The summed E-state index contributed by atoms with van der Waals surface area (Å²) in [6.07, 6.45) is 0. The fourth-order valence-electron chi connectivity index (χ4n) is 1.61. The van der Waals surface area contributed by atoms with Crippen LogP contribution in [0.3, 0.4) is 0 Å². The Bertz CT molecular complexity index is 520. The molecule has 0 fully saturated rings. The molecule has 1 aromatic carbocycles. The van der Waals surface area contributed by atoms with Crippen LogP contribution in [0.1, 0.15) is 6.92 Å². The number of hydrogen-bond acceptors (Lipinski definition) is 3. The molecule has 1 atom stereocenters. The molecule has 0 aliphatic carbocycles. The van der Waals surface area contributed by atoms with Crippen LogP contribution in [0.15, 0.2) is 27.6 Å². The fraction of sp³-hybridized carbons (Fsp3) is 0.455. The van der Waals surface area contributed by atoms with Crippen molar-refractivity contribution in [3.63, 3.8) is 0 Å². The van der Waals surface area contributed by atoms with Gasteiger partial charge in [0.1, 0.15) is 5.82 Å². The van der Waals surface area contributed by atoms with E-state index in [2.05, 4.69) is 20.7 Å². The molecule has 0 spiro atoms. The first-order chi connectivity index (χ1) is 8.22. The first-order valence-electron chi connectivity index (χ1n) is 5.34. The monoisotopic (exact) mass is 338 g/mol. The number of benzene rings is 1. The normalized spacial score (nSPS) is 13.9. The summed E-state index contributed by atoms with van der Waals surface area (Å²) >= 11 is 3.05. The van der Waals surface area contributed by atoms with Gasteiger partial charge in [-0.15, -0.1) is 0 Å². The summed E-state index contributed by atoms with van der Waals surface area (Å²) in [5.41, 5.74) is 0. The molecular formula is C11H16BrFN2O2S. The third-order valence-corrected chi connectivity index (χ3v) is 4.75. The molecule has 0 saturated heterocycles. The Hall–Kier alpha value is -0.500. The maximum Gasteiger partial charge on any atom is 0.241 e. The van der Waals surface area contributed by atoms with Crippen molar-refractivity contribution in [3.8, 4) is 0 Å². The summed E-state index contributed by atoms with van der Waals surface area (Å²) in [4.78, 5) is 1.92. The first-order valence-corrected chi connectivity index (χ1v) is 7.62. The number of likely N-dealkylation sites (N-methyl/N-ethyl adjacent to an activating group) is 1. The molecule has 0 aromatic heterocycles. The lowest BCUT2D eigenvalue weighted by atomic mass is 10.3. The van der Waals surface area contributed by atoms with E-state index in [4.69, 9.17) is 0 Å². The highest BCUT2D eigenvalue weighted by molar-refractivity contribution is 9.10. The summed E-state index contributed by atoms with van der Waals surface area (Å²) in [5.74, 6) is -0.484. The van der Waals surface area contributed by atoms with Crippen molar-refractivity contribution in [1.29, 1.82) is 0 Å². The minimum absolute atomic E-state index is 0.0366. The Balaban J connectivity index is 2.93. The number of hydrogen-bond donors (Lipinski definition) is 1. The van der Waals surface area contributed by atoms with Crippen LogP contribution >= 0.6 is 15.9 Å². The Morgan fingerprint density at radius 1 is 1.44 bits per heavy atom. The van der Waals surface area contributed by atoms with Crippen molar-refractivity contribution in [2.45, 2.75) is 17.9 Å². The van der Waals surface area contributed by atoms with E-state index in [1.165, 1.54) is 6.07 Å². The second-order valence-electron chi connectivity index (χ2n) is 4.36. The number of nitrogens with zero attached hydrogens (tertiary/aromatic N) is 1. The van der Waals surface area contributed by atoms with Crippen molar-refractivity contribution >= 4 is 26.0 Å². The summed E-state index contributed by atoms with van der Waals surface area (Å²) < 4.78 is 39.8. The molecule has 1 unspecified atom stereocenters. The van der Waals surface area contributed by atoms with Crippen LogP contribution in [0.25, 0.3) is 0 Å². The fourth-order valence-corrected chi connectivity index (χ4v) is 3.89. The van der Waals surface area contributed by atoms with Crippen molar-refractivity contribution in [2.75, 3.05) is 20.6 Å². The van der Waals surface area contributed by atoms with Gasteiger partial charge in [0.2, 0.25) is 10.0 Å². The van der Waals surface area contributed by atoms with Crippen LogP contribution in [0.2, 0.25) is 0 Å². The largest absolute Gasteiger partial charge is 0.308 e. The lowest BCUT2D eigenvalue weighted by molar-refractivity contribution is 0.370. The van der Waals surface area contributed by atoms with Crippen LogP contribution in [0, 0.1) is 5.82 Å². The maximum atomic E-state index is 12.9. The van der Waals surface area contributed by atoms with E-state index in [9.17, 15) is 12.8 Å². The third-order valence-electron chi connectivity index (χ3n) is 2.18. The maximum absolute atomic E-state index is 12.9. The summed E-state index contributed by atoms with van der Waals surface area (Å²) in [6, 6.07) is 3.26. The van der Waals surface area contributed by atoms with Crippen LogP contribution in [0.4, 0.5) is 4.39 Å². The molecule has 0 heterocycles. The van der Waals surface area contributed by atoms with E-state index in [1.54, 1.807) is 6.92 Å². The predicted octanol–water partition coefficient (Wildman–Crippen LogP) is 1.82. The zero-order chi connectivity index (χ0) is 13.9. The Morgan fingerprint density at radius 3 is 2.56 bits per heavy atom. The smallest absolute Gasteiger partial charge is 0.241 e. The zero-order valence-electron chi connectivity index (χ0n) is 10.4. The Morgan fingerprint density at radius 2 is 2.06 bits per heavy atom. The van der Waals surface area contributed by atoms with Gasteiger partial charge in [-0.2, -0.15) is 0 Å². The molecule has 0 aliphatic rings. The van der Waals surface area contributed by atoms with Crippen molar-refractivity contribution < 1.29 is 12.8 Å². The molecule has 0 bridgehead atoms. The minimum atomic E-state index is -3.64. The molecule has 7 heteroatoms. The van der Waals surface area contributed by atoms with Crippen molar-refractivity contribution in [2.24, 2.45) is 0 Å². The van der Waals surface area contributed by atoms with Gasteiger partial charge in [-0.3, -0.25) is 0 Å². The van der Waals surface area contributed by atoms with E-state index in [0.29, 0.717) is 6.54 Å². The molecule has 1 N–H and O–H groups in total. The number of nitrogens with one attached hydrogen (secondary N) is 1. The molecule has 0 amide bonds. The summed E-state index contributed by atoms with van der Waals surface area (Å²) in [7, 11) is 0.0767. The van der Waals surface area contributed by atoms with Gasteiger partial charge in [0, 0.05) is 17.1 Å². The van der Waals surface area contributed by atoms with Crippen LogP contribution in [-0.4, -0.2) is 40.0 Å². The highest BCUT2D eigenvalue weighted by atomic mass is 79.9. The van der Waals surface area contributed by atoms with Crippen LogP contribution in [-0.2, 0) is 10.0 Å². The molecular weight excluding hydrogens is 323 g/mol. The van der Waals surface area contributed by atoms with Gasteiger partial charge in [0.15, 0.2) is 0 Å². The minimum Gasteiger partial charge on any atom is -0.308 e. The Labute approximate surface area is 115 Å². The quantitative estimate of drug-likeness (QED) is 0.890. The van der Waals surface area contributed by atoms with E-state index in [0.717, 1.165) is 12.1 Å². The zero-order valence-corrected chi connectivity index (χ0v) is 12.8. The molecule has 102 valence electrons. The topological polar surface area (TPSA) is 49.4 Å². The van der Waals surface area contributed by atoms with Gasteiger partial charge in [-0.25, -0.2) is 17.5 Å². The van der Waals surface area contributed by atoms with Crippen molar-refractivity contribution in [3.05, 3.63) is 28.5 Å². The molecule has 1 rings (SSSR count). The molecule has 18 heavy (non-hydrogen) atoms. The molecule has 0 radical (unpaired) electrons. The lowest BCUT2D eigenvalue weighted by Gasteiger charge is -2.18. The number of rotatable bonds is 5. The van der Waals surface area contributed by atoms with Crippen LogP contribution < -0.4 is 4.72 Å². The summed E-state index contributed by atoms with van der Waals surface area (Å²) in [5, 5.41) is 0. The highest BCUT2D eigenvalue weighted by Gasteiger charge is 2.20. The second kappa shape index (κ2) is 6.10. The van der Waals surface area contributed by atoms with E-state index < -0.39 is 15.8 Å². The highest BCUT2D eigenvalue weighted by Crippen LogP contribution is 2.22. The summed E-state index contributed by atoms with van der Waals surface area (Å²) in [6.45, 7) is 2.35. The van der Waals surface area contributed by atoms with Gasteiger partial charge < -0.3 is 4.90 Å². The average molecular weight is 339 g/mol. The first kappa shape index (κ1) is 15.6. The molecule has 4 nitrogen and oxygen atoms in total. The van der Waals surface area contributed by atoms with Gasteiger partial charge in [-0.05, 0) is 55.1 Å². The van der Waals surface area contributed by atoms with E-state index >= 15 is 0 Å². The standard InChI is InChI=1S/C11H16BrFN2O2S/c1-8(7-15(2)3)14-18(16,17)11-5-4-9(13)6-10(11)12/h4-6,8,14H,7H2,1-3H3. The van der Waals surface area contributed by atoms with Crippen LogP contribution in [0.5, 0.6) is 0 Å². The van der Waals surface area contributed by atoms with Gasteiger partial charge in [0.25, 0.3) is 0 Å². The van der Waals surface area contributed by atoms with Gasteiger partial charge in [-0.1, -0.05) is 0 Å². The molecule has 0 saturated carbocycles. The van der Waals surface area contributed by atoms with Gasteiger partial charge >= 0.3 is 0 Å². The number of halogens is 2.